The number of aromatic nitrogens is 2. The van der Waals surface area contributed by atoms with Gasteiger partial charge in [-0.15, -0.1) is 11.6 Å². The lowest BCUT2D eigenvalue weighted by atomic mass is 9.75. The van der Waals surface area contributed by atoms with Crippen LogP contribution in [0.1, 0.15) is 44.9 Å². The van der Waals surface area contributed by atoms with E-state index < -0.39 is 0 Å². The summed E-state index contributed by atoms with van der Waals surface area (Å²) in [6.45, 7) is 3.49. The summed E-state index contributed by atoms with van der Waals surface area (Å²) in [6.07, 6.45) is 7.58. The molecule has 2 nitrogen and oxygen atoms in total. The Hall–Kier alpha value is -0.540. The van der Waals surface area contributed by atoms with Gasteiger partial charge in [0.1, 0.15) is 5.82 Å². The Labute approximate surface area is 140 Å². The Morgan fingerprint density at radius 3 is 2.76 bits per heavy atom. The molecule has 4 heteroatoms. The van der Waals surface area contributed by atoms with Crippen molar-refractivity contribution in [1.82, 2.24) is 9.55 Å². The van der Waals surface area contributed by atoms with E-state index in [0.29, 0.717) is 11.3 Å². The van der Waals surface area contributed by atoms with Crippen molar-refractivity contribution in [3.05, 3.63) is 28.5 Å². The van der Waals surface area contributed by atoms with Crippen molar-refractivity contribution >= 4 is 38.6 Å². The minimum atomic E-state index is 0.398. The molecule has 1 aromatic heterocycles. The Morgan fingerprint density at radius 1 is 1.29 bits per heavy atom. The molecule has 1 aliphatic rings. The molecule has 0 spiro atoms. The molecule has 1 aromatic carbocycles. The van der Waals surface area contributed by atoms with Crippen LogP contribution in [0.3, 0.4) is 0 Å². The zero-order chi connectivity index (χ0) is 14.9. The van der Waals surface area contributed by atoms with Crippen LogP contribution < -0.4 is 0 Å². The fourth-order valence-electron chi connectivity index (χ4n) is 3.54. The number of hydrogen-bond acceptors (Lipinski definition) is 1. The van der Waals surface area contributed by atoms with Gasteiger partial charge in [-0.05, 0) is 36.5 Å². The van der Waals surface area contributed by atoms with Crippen molar-refractivity contribution in [2.24, 2.45) is 5.41 Å². The highest BCUT2D eigenvalue weighted by Crippen LogP contribution is 2.38. The SMILES string of the molecule is CC1(Cn2c(CCCl)nc3ccc(Br)cc32)CCCCC1. The van der Waals surface area contributed by atoms with Gasteiger partial charge in [0.2, 0.25) is 0 Å². The van der Waals surface area contributed by atoms with Gasteiger partial charge in [0.05, 0.1) is 11.0 Å². The minimum absolute atomic E-state index is 0.398. The molecule has 0 bridgehead atoms. The number of alkyl halides is 1. The van der Waals surface area contributed by atoms with Crippen LogP contribution in [0.25, 0.3) is 11.0 Å². The Kier molecular flexibility index (Phi) is 4.60. The first-order valence-electron chi connectivity index (χ1n) is 7.82. The van der Waals surface area contributed by atoms with E-state index in [1.165, 1.54) is 37.6 Å². The number of benzene rings is 1. The van der Waals surface area contributed by atoms with Gasteiger partial charge in [0.15, 0.2) is 0 Å². The van der Waals surface area contributed by atoms with Gasteiger partial charge in [-0.2, -0.15) is 0 Å². The molecule has 3 rings (SSSR count). The van der Waals surface area contributed by atoms with Crippen LogP contribution in [0.15, 0.2) is 22.7 Å². The summed E-state index contributed by atoms with van der Waals surface area (Å²) in [7, 11) is 0. The monoisotopic (exact) mass is 368 g/mol. The normalized spacial score (nSPS) is 18.2. The molecule has 0 saturated heterocycles. The number of rotatable bonds is 4. The summed E-state index contributed by atoms with van der Waals surface area (Å²) in [4.78, 5) is 4.80. The quantitative estimate of drug-likeness (QED) is 0.646. The number of imidazole rings is 1. The second-order valence-electron chi connectivity index (χ2n) is 6.56. The molecule has 1 heterocycles. The zero-order valence-corrected chi connectivity index (χ0v) is 14.9. The number of nitrogens with zero attached hydrogens (tertiary/aromatic N) is 2. The molecular weight excluding hydrogens is 348 g/mol. The molecule has 0 radical (unpaired) electrons. The smallest absolute Gasteiger partial charge is 0.111 e. The Bertz CT molecular complexity index is 629. The van der Waals surface area contributed by atoms with Crippen molar-refractivity contribution in [2.75, 3.05) is 5.88 Å². The van der Waals surface area contributed by atoms with Crippen molar-refractivity contribution in [3.63, 3.8) is 0 Å². The highest BCUT2D eigenvalue weighted by molar-refractivity contribution is 9.10. The van der Waals surface area contributed by atoms with E-state index in [1.807, 2.05) is 0 Å². The summed E-state index contributed by atoms with van der Waals surface area (Å²) < 4.78 is 3.52. The standard InChI is InChI=1S/C17H22BrClN2/c1-17(8-3-2-4-9-17)12-21-15-11-13(18)5-6-14(15)20-16(21)7-10-19/h5-6,11H,2-4,7-10,12H2,1H3. The van der Waals surface area contributed by atoms with E-state index in [0.717, 1.165) is 28.8 Å². The van der Waals surface area contributed by atoms with Crippen molar-refractivity contribution in [1.29, 1.82) is 0 Å². The van der Waals surface area contributed by atoms with Gasteiger partial charge in [-0.1, -0.05) is 42.1 Å². The topological polar surface area (TPSA) is 17.8 Å². The van der Waals surface area contributed by atoms with Crippen LogP contribution in [0.5, 0.6) is 0 Å². The molecule has 1 saturated carbocycles. The zero-order valence-electron chi connectivity index (χ0n) is 12.5. The summed E-state index contributed by atoms with van der Waals surface area (Å²) >= 11 is 9.57. The first-order valence-corrected chi connectivity index (χ1v) is 9.15. The van der Waals surface area contributed by atoms with Crippen LogP contribution in [-0.2, 0) is 13.0 Å². The maximum atomic E-state index is 5.98. The van der Waals surface area contributed by atoms with Crippen molar-refractivity contribution in [2.45, 2.75) is 52.0 Å². The third-order valence-electron chi connectivity index (χ3n) is 4.71. The van der Waals surface area contributed by atoms with Crippen molar-refractivity contribution < 1.29 is 0 Å². The summed E-state index contributed by atoms with van der Waals surface area (Å²) in [6, 6.07) is 6.34. The van der Waals surface area contributed by atoms with Gasteiger partial charge in [0.25, 0.3) is 0 Å². The lowest BCUT2D eigenvalue weighted by molar-refractivity contribution is 0.183. The summed E-state index contributed by atoms with van der Waals surface area (Å²) in [5.74, 6) is 1.76. The van der Waals surface area contributed by atoms with Gasteiger partial charge in [-0.25, -0.2) is 4.98 Å². The van der Waals surface area contributed by atoms with Gasteiger partial charge >= 0.3 is 0 Å². The lowest BCUT2D eigenvalue weighted by Gasteiger charge is -2.34. The van der Waals surface area contributed by atoms with Crippen LogP contribution in [0.4, 0.5) is 0 Å². The molecule has 0 amide bonds. The van der Waals surface area contributed by atoms with E-state index in [4.69, 9.17) is 16.6 Å². The molecule has 1 fully saturated rings. The minimum Gasteiger partial charge on any atom is -0.327 e. The van der Waals surface area contributed by atoms with Crippen LogP contribution in [0, 0.1) is 5.41 Å². The largest absolute Gasteiger partial charge is 0.327 e. The number of aryl methyl sites for hydroxylation is 1. The van der Waals surface area contributed by atoms with E-state index >= 15 is 0 Å². The maximum absolute atomic E-state index is 5.98. The molecule has 0 unspecified atom stereocenters. The van der Waals surface area contributed by atoms with E-state index in [-0.39, 0.29) is 0 Å². The number of fused-ring (bicyclic) bond motifs is 1. The third kappa shape index (κ3) is 3.29. The van der Waals surface area contributed by atoms with E-state index in [9.17, 15) is 0 Å². The average molecular weight is 370 g/mol. The maximum Gasteiger partial charge on any atom is 0.111 e. The van der Waals surface area contributed by atoms with Crippen LogP contribution >= 0.6 is 27.5 Å². The third-order valence-corrected chi connectivity index (χ3v) is 5.39. The summed E-state index contributed by atoms with van der Waals surface area (Å²) in [5, 5.41) is 0. The fraction of sp³-hybridized carbons (Fsp3) is 0.588. The molecule has 114 valence electrons. The number of halogens is 2. The Morgan fingerprint density at radius 2 is 2.05 bits per heavy atom. The Balaban J connectivity index is 2.01. The average Bonchev–Trinajstić information content (AvgIpc) is 2.77. The van der Waals surface area contributed by atoms with Gasteiger partial charge in [-0.3, -0.25) is 0 Å². The lowest BCUT2D eigenvalue weighted by Crippen LogP contribution is -2.27. The van der Waals surface area contributed by atoms with Crippen LogP contribution in [0.2, 0.25) is 0 Å². The molecule has 0 N–H and O–H groups in total. The predicted molar refractivity (Wildman–Crippen MR) is 93.0 cm³/mol. The highest BCUT2D eigenvalue weighted by atomic mass is 79.9. The second kappa shape index (κ2) is 6.29. The predicted octanol–water partition coefficient (Wildman–Crippen LogP) is 5.55. The van der Waals surface area contributed by atoms with E-state index in [2.05, 4.69) is 45.6 Å². The highest BCUT2D eigenvalue weighted by Gasteiger charge is 2.28. The molecule has 0 atom stereocenters. The fourth-order valence-corrected chi connectivity index (χ4v) is 4.06. The van der Waals surface area contributed by atoms with Gasteiger partial charge < -0.3 is 4.57 Å². The molecule has 1 aliphatic carbocycles. The van der Waals surface area contributed by atoms with Crippen LogP contribution in [-0.4, -0.2) is 15.4 Å². The van der Waals surface area contributed by atoms with Gasteiger partial charge in [0, 0.05) is 23.3 Å². The molecule has 2 aromatic rings. The first-order chi connectivity index (χ1) is 10.1. The summed E-state index contributed by atoms with van der Waals surface area (Å²) in [5.41, 5.74) is 2.71. The molecule has 21 heavy (non-hydrogen) atoms. The molecular formula is C17H22BrClN2. The first kappa shape index (κ1) is 15.4. The number of hydrogen-bond donors (Lipinski definition) is 0. The van der Waals surface area contributed by atoms with Crippen molar-refractivity contribution in [3.8, 4) is 0 Å². The second-order valence-corrected chi connectivity index (χ2v) is 7.85. The molecule has 0 aliphatic heterocycles. The van der Waals surface area contributed by atoms with E-state index in [1.54, 1.807) is 0 Å².